The van der Waals surface area contributed by atoms with Crippen LogP contribution < -0.4 is 10.5 Å². The number of para-hydroxylation sites is 1. The first kappa shape index (κ1) is 23.9. The van der Waals surface area contributed by atoms with Gasteiger partial charge >= 0.3 is 0 Å². The van der Waals surface area contributed by atoms with Crippen LogP contribution in [-0.4, -0.2) is 61.3 Å². The first-order valence-corrected chi connectivity index (χ1v) is 12.9. The van der Waals surface area contributed by atoms with Crippen LogP contribution in [0.4, 0.5) is 5.69 Å². The molecule has 0 atom stereocenters. The van der Waals surface area contributed by atoms with Gasteiger partial charge in [0, 0.05) is 49.4 Å². The van der Waals surface area contributed by atoms with Gasteiger partial charge in [0.15, 0.2) is 0 Å². The van der Waals surface area contributed by atoms with Crippen LogP contribution in [0, 0.1) is 0 Å². The third kappa shape index (κ3) is 4.67. The van der Waals surface area contributed by atoms with Crippen molar-refractivity contribution in [2.75, 3.05) is 24.9 Å². The molecule has 0 bridgehead atoms. The zero-order chi connectivity index (χ0) is 24.3. The summed E-state index contributed by atoms with van der Waals surface area (Å²) in [5.41, 5.74) is 7.85. The van der Waals surface area contributed by atoms with Crippen LogP contribution >= 0.6 is 11.3 Å². The average Bonchev–Trinajstić information content (AvgIpc) is 3.31. The van der Waals surface area contributed by atoms with Crippen molar-refractivity contribution < 1.29 is 18.3 Å². The largest absolute Gasteiger partial charge is 0.404 e. The van der Waals surface area contributed by atoms with E-state index in [0.717, 1.165) is 4.70 Å². The maximum absolute atomic E-state index is 12.9. The van der Waals surface area contributed by atoms with Gasteiger partial charge in [-0.05, 0) is 49.2 Å². The zero-order valence-corrected chi connectivity index (χ0v) is 20.1. The van der Waals surface area contributed by atoms with Crippen molar-refractivity contribution in [2.45, 2.75) is 23.3 Å². The Labute approximate surface area is 201 Å². The highest BCUT2D eigenvalue weighted by Crippen LogP contribution is 2.30. The van der Waals surface area contributed by atoms with Gasteiger partial charge < -0.3 is 15.7 Å². The van der Waals surface area contributed by atoms with E-state index >= 15 is 0 Å². The standard InChI is InChI=1S/C23H25N5O4S2/c1-25-14-17(13-24)23(30)9-11-28(12-10-23)22(29)16-5-7-18(8-6-16)27-34(31,32)20-4-2-3-19-21(20)26-15-33-19/h2-8,13-15,27,30H,9-12,24H2,1H3. The van der Waals surface area contributed by atoms with E-state index in [2.05, 4.69) is 14.7 Å². The highest BCUT2D eigenvalue weighted by molar-refractivity contribution is 7.93. The number of carbonyl (C=O) groups excluding carboxylic acids is 1. The minimum absolute atomic E-state index is 0.103. The second-order valence-electron chi connectivity index (χ2n) is 7.97. The Bertz CT molecular complexity index is 1360. The number of aliphatic hydroxyl groups is 1. The fraction of sp³-hybridized carbons (Fsp3) is 0.261. The number of nitrogens with zero attached hydrogens (tertiary/aromatic N) is 3. The van der Waals surface area contributed by atoms with E-state index < -0.39 is 15.6 Å². The number of anilines is 1. The molecule has 2 aromatic carbocycles. The first-order chi connectivity index (χ1) is 16.3. The van der Waals surface area contributed by atoms with Gasteiger partial charge in [0.25, 0.3) is 15.9 Å². The molecule has 2 heterocycles. The number of hydrogen-bond donors (Lipinski definition) is 3. The van der Waals surface area contributed by atoms with Crippen LogP contribution in [0.15, 0.2) is 69.6 Å². The second kappa shape index (κ2) is 9.53. The van der Waals surface area contributed by atoms with Gasteiger partial charge in [-0.2, -0.15) is 0 Å². The smallest absolute Gasteiger partial charge is 0.264 e. The van der Waals surface area contributed by atoms with E-state index in [0.29, 0.717) is 48.3 Å². The molecule has 1 aliphatic rings. The van der Waals surface area contributed by atoms with Gasteiger partial charge in [0.1, 0.15) is 10.4 Å². The highest BCUT2D eigenvalue weighted by Gasteiger charge is 2.36. The minimum Gasteiger partial charge on any atom is -0.404 e. The Kier molecular flexibility index (Phi) is 6.69. The first-order valence-electron chi connectivity index (χ1n) is 10.6. The summed E-state index contributed by atoms with van der Waals surface area (Å²) in [5, 5.41) is 10.9. The molecular weight excluding hydrogens is 474 g/mol. The quantitative estimate of drug-likeness (QED) is 0.446. The highest BCUT2D eigenvalue weighted by atomic mass is 32.2. The predicted octanol–water partition coefficient (Wildman–Crippen LogP) is 2.61. The van der Waals surface area contributed by atoms with Crippen LogP contribution in [0.1, 0.15) is 23.2 Å². The molecule has 1 aliphatic heterocycles. The molecule has 1 amide bonds. The fourth-order valence-electron chi connectivity index (χ4n) is 3.98. The molecule has 3 aromatic rings. The van der Waals surface area contributed by atoms with Gasteiger partial charge in [-0.1, -0.05) is 6.07 Å². The molecule has 1 aromatic heterocycles. The van der Waals surface area contributed by atoms with Gasteiger partial charge in [0.2, 0.25) is 0 Å². The van der Waals surface area contributed by atoms with Crippen molar-refractivity contribution in [3.63, 3.8) is 0 Å². The minimum atomic E-state index is -3.85. The molecule has 4 N–H and O–H groups in total. The third-order valence-corrected chi connectivity index (χ3v) is 8.07. The predicted molar refractivity (Wildman–Crippen MR) is 134 cm³/mol. The van der Waals surface area contributed by atoms with Gasteiger partial charge in [-0.15, -0.1) is 11.3 Å². The van der Waals surface area contributed by atoms with Crippen LogP contribution in [0.3, 0.4) is 0 Å². The molecule has 0 spiro atoms. The molecule has 0 unspecified atom stereocenters. The molecule has 9 nitrogen and oxygen atoms in total. The monoisotopic (exact) mass is 499 g/mol. The van der Waals surface area contributed by atoms with Crippen molar-refractivity contribution in [3.05, 3.63) is 65.3 Å². The lowest BCUT2D eigenvalue weighted by atomic mass is 9.84. The molecule has 34 heavy (non-hydrogen) atoms. The lowest BCUT2D eigenvalue weighted by Crippen LogP contribution is -2.48. The van der Waals surface area contributed by atoms with Crippen molar-refractivity contribution in [1.29, 1.82) is 0 Å². The lowest BCUT2D eigenvalue weighted by molar-refractivity contribution is 0.0147. The Morgan fingerprint density at radius 1 is 1.24 bits per heavy atom. The van der Waals surface area contributed by atoms with Gasteiger partial charge in [-0.25, -0.2) is 13.4 Å². The molecule has 178 valence electrons. The number of rotatable bonds is 6. The Balaban J connectivity index is 1.44. The van der Waals surface area contributed by atoms with Crippen LogP contribution in [0.25, 0.3) is 10.2 Å². The van der Waals surface area contributed by atoms with E-state index in [1.54, 1.807) is 47.8 Å². The van der Waals surface area contributed by atoms with Gasteiger partial charge in [-0.3, -0.25) is 14.5 Å². The molecule has 0 radical (unpaired) electrons. The van der Waals surface area contributed by atoms with E-state index in [1.165, 1.54) is 29.8 Å². The fourth-order valence-corrected chi connectivity index (χ4v) is 5.98. The SMILES string of the molecule is CN=CC(=CN)C1(O)CCN(C(=O)c2ccc(NS(=O)(=O)c3cccc4scnc34)cc2)CC1. The molecule has 1 fully saturated rings. The second-order valence-corrected chi connectivity index (χ2v) is 10.5. The summed E-state index contributed by atoms with van der Waals surface area (Å²) in [6.45, 7) is 0.715. The van der Waals surface area contributed by atoms with Crippen molar-refractivity contribution in [1.82, 2.24) is 9.88 Å². The van der Waals surface area contributed by atoms with E-state index in [4.69, 9.17) is 5.73 Å². The summed E-state index contributed by atoms with van der Waals surface area (Å²) < 4.78 is 29.1. The number of fused-ring (bicyclic) bond motifs is 1. The van der Waals surface area contributed by atoms with Crippen molar-refractivity contribution in [2.24, 2.45) is 10.7 Å². The number of aliphatic imine (C=N–C) groups is 1. The Morgan fingerprint density at radius 3 is 2.59 bits per heavy atom. The molecule has 1 saturated heterocycles. The number of amides is 1. The number of aromatic nitrogens is 1. The number of piperidine rings is 1. The normalized spacial score (nSPS) is 16.8. The number of nitrogens with one attached hydrogen (secondary N) is 1. The average molecular weight is 500 g/mol. The zero-order valence-electron chi connectivity index (χ0n) is 18.5. The lowest BCUT2D eigenvalue weighted by Gasteiger charge is -2.38. The van der Waals surface area contributed by atoms with Gasteiger partial charge in [0.05, 0.1) is 15.8 Å². The van der Waals surface area contributed by atoms with E-state index in [9.17, 15) is 18.3 Å². The summed E-state index contributed by atoms with van der Waals surface area (Å²) in [7, 11) is -2.24. The summed E-state index contributed by atoms with van der Waals surface area (Å²) in [6.07, 6.45) is 3.56. The van der Waals surface area contributed by atoms with Crippen LogP contribution in [0.2, 0.25) is 0 Å². The van der Waals surface area contributed by atoms with Crippen LogP contribution in [0.5, 0.6) is 0 Å². The maximum Gasteiger partial charge on any atom is 0.264 e. The van der Waals surface area contributed by atoms with Crippen LogP contribution in [-0.2, 0) is 10.0 Å². The number of sulfonamides is 1. The molecule has 4 rings (SSSR count). The Morgan fingerprint density at radius 2 is 1.94 bits per heavy atom. The van der Waals surface area contributed by atoms with E-state index in [1.807, 2.05) is 6.07 Å². The number of carbonyl (C=O) groups is 1. The summed E-state index contributed by atoms with van der Waals surface area (Å²) in [6, 6.07) is 11.3. The maximum atomic E-state index is 12.9. The number of nitrogens with two attached hydrogens (primary N) is 1. The topological polar surface area (TPSA) is 138 Å². The summed E-state index contributed by atoms with van der Waals surface area (Å²) >= 11 is 1.37. The molecule has 0 aliphatic carbocycles. The summed E-state index contributed by atoms with van der Waals surface area (Å²) in [4.78, 5) is 22.8. The summed E-state index contributed by atoms with van der Waals surface area (Å²) in [5.74, 6) is -0.189. The Hall–Kier alpha value is -3.28. The van der Waals surface area contributed by atoms with E-state index in [-0.39, 0.29) is 10.8 Å². The molecular formula is C23H25N5O4S2. The number of hydrogen-bond acceptors (Lipinski definition) is 8. The third-order valence-electron chi connectivity index (χ3n) is 5.86. The number of likely N-dealkylation sites (tertiary alicyclic amines) is 1. The van der Waals surface area contributed by atoms with Crippen molar-refractivity contribution >= 4 is 49.4 Å². The molecule has 0 saturated carbocycles. The molecule has 11 heteroatoms. The van der Waals surface area contributed by atoms with Crippen molar-refractivity contribution in [3.8, 4) is 0 Å². The number of thiazole rings is 1. The number of benzene rings is 2.